The van der Waals surface area contributed by atoms with Gasteiger partial charge in [0.15, 0.2) is 0 Å². The van der Waals surface area contributed by atoms with Crippen molar-refractivity contribution in [2.45, 2.75) is 38.7 Å². The third kappa shape index (κ3) is 5.63. The summed E-state index contributed by atoms with van der Waals surface area (Å²) in [6.45, 7) is 2.47. The summed E-state index contributed by atoms with van der Waals surface area (Å²) >= 11 is 0. The van der Waals surface area contributed by atoms with Crippen LogP contribution >= 0.6 is 0 Å². The van der Waals surface area contributed by atoms with Crippen LogP contribution in [-0.2, 0) is 9.53 Å². The van der Waals surface area contributed by atoms with Crippen molar-refractivity contribution in [2.24, 2.45) is 0 Å². The molecule has 0 spiro atoms. The number of carbonyl (C=O) groups excluding carboxylic acids is 1. The van der Waals surface area contributed by atoms with Gasteiger partial charge in [0.05, 0.1) is 26.9 Å². The molecule has 0 bridgehead atoms. The zero-order valence-corrected chi connectivity index (χ0v) is 12.9. The highest BCUT2D eigenvalue weighted by atomic mass is 16.5. The van der Waals surface area contributed by atoms with Gasteiger partial charge in [-0.25, -0.2) is 0 Å². The van der Waals surface area contributed by atoms with Crippen molar-refractivity contribution in [3.8, 4) is 11.5 Å². The van der Waals surface area contributed by atoms with Crippen LogP contribution in [0.15, 0.2) is 18.2 Å². The predicted molar refractivity (Wildman–Crippen MR) is 79.6 cm³/mol. The summed E-state index contributed by atoms with van der Waals surface area (Å²) in [4.78, 5) is 11.5. The number of esters is 1. The minimum Gasteiger partial charge on any atom is -0.497 e. The summed E-state index contributed by atoms with van der Waals surface area (Å²) in [5.41, 5.74) is 0.609. The van der Waals surface area contributed by atoms with E-state index in [2.05, 4.69) is 0 Å². The molecule has 21 heavy (non-hydrogen) atoms. The second-order valence-corrected chi connectivity index (χ2v) is 4.74. The molecule has 0 saturated heterocycles. The highest BCUT2D eigenvalue weighted by molar-refractivity contribution is 5.69. The van der Waals surface area contributed by atoms with Gasteiger partial charge in [-0.05, 0) is 31.0 Å². The highest BCUT2D eigenvalue weighted by Gasteiger charge is 2.16. The molecule has 0 saturated carbocycles. The Morgan fingerprint density at radius 1 is 1.29 bits per heavy atom. The molecule has 0 radical (unpaired) electrons. The summed E-state index contributed by atoms with van der Waals surface area (Å²) < 4.78 is 15.4. The van der Waals surface area contributed by atoms with Gasteiger partial charge in [-0.15, -0.1) is 0 Å². The van der Waals surface area contributed by atoms with Gasteiger partial charge in [0.1, 0.15) is 11.5 Å². The molecule has 0 aliphatic rings. The smallest absolute Gasteiger partial charge is 0.305 e. The molecule has 0 fully saturated rings. The topological polar surface area (TPSA) is 65.0 Å². The van der Waals surface area contributed by atoms with Crippen LogP contribution in [0.4, 0.5) is 0 Å². The van der Waals surface area contributed by atoms with Gasteiger partial charge in [0, 0.05) is 12.0 Å². The van der Waals surface area contributed by atoms with Crippen LogP contribution in [0, 0.1) is 0 Å². The molecule has 0 aromatic heterocycles. The molecule has 1 aromatic carbocycles. The minimum atomic E-state index is -0.797. The number of unbranched alkanes of at least 4 members (excludes halogenated alkanes) is 1. The van der Waals surface area contributed by atoms with E-state index in [-0.39, 0.29) is 18.8 Å². The average Bonchev–Trinajstić information content (AvgIpc) is 2.52. The summed E-state index contributed by atoms with van der Waals surface area (Å²) in [7, 11) is 3.10. The Labute approximate surface area is 125 Å². The van der Waals surface area contributed by atoms with Crippen LogP contribution < -0.4 is 9.47 Å². The molecule has 118 valence electrons. The summed E-state index contributed by atoms with van der Waals surface area (Å²) in [5.74, 6) is 0.919. The normalized spacial score (nSPS) is 11.8. The standard InChI is InChI=1S/C16H24O5/c1-4-5-10-21-16(18)9-7-14(17)13-11-12(19-2)6-8-15(13)20-3/h6,8,11,14,17H,4-5,7,9-10H2,1-3H3. The predicted octanol–water partition coefficient (Wildman–Crippen LogP) is 2.86. The molecule has 0 amide bonds. The first-order valence-electron chi connectivity index (χ1n) is 7.18. The number of rotatable bonds is 9. The number of benzene rings is 1. The molecule has 1 atom stereocenters. The number of aliphatic hydroxyl groups excluding tert-OH is 1. The van der Waals surface area contributed by atoms with Crippen molar-refractivity contribution >= 4 is 5.97 Å². The van der Waals surface area contributed by atoms with E-state index in [4.69, 9.17) is 14.2 Å². The molecule has 1 rings (SSSR count). The van der Waals surface area contributed by atoms with Crippen LogP contribution in [0.25, 0.3) is 0 Å². The van der Waals surface area contributed by atoms with E-state index < -0.39 is 6.10 Å². The Morgan fingerprint density at radius 3 is 2.67 bits per heavy atom. The first-order valence-corrected chi connectivity index (χ1v) is 7.18. The molecule has 1 unspecified atom stereocenters. The van der Waals surface area contributed by atoms with Gasteiger partial charge in [-0.1, -0.05) is 13.3 Å². The van der Waals surface area contributed by atoms with Gasteiger partial charge >= 0.3 is 5.97 Å². The molecule has 5 nitrogen and oxygen atoms in total. The Morgan fingerprint density at radius 2 is 2.05 bits per heavy atom. The lowest BCUT2D eigenvalue weighted by atomic mass is 10.0. The molecule has 1 aromatic rings. The zero-order valence-electron chi connectivity index (χ0n) is 12.9. The van der Waals surface area contributed by atoms with Gasteiger partial charge < -0.3 is 19.3 Å². The van der Waals surface area contributed by atoms with Crippen molar-refractivity contribution in [3.05, 3.63) is 23.8 Å². The van der Waals surface area contributed by atoms with E-state index >= 15 is 0 Å². The molecular formula is C16H24O5. The summed E-state index contributed by atoms with van der Waals surface area (Å²) in [5, 5.41) is 10.2. The number of ether oxygens (including phenoxy) is 3. The maximum atomic E-state index is 11.5. The van der Waals surface area contributed by atoms with E-state index in [1.165, 1.54) is 7.11 Å². The Hall–Kier alpha value is -1.75. The molecule has 0 aliphatic heterocycles. The lowest BCUT2D eigenvalue weighted by Gasteiger charge is -2.15. The van der Waals surface area contributed by atoms with Crippen LogP contribution in [0.1, 0.15) is 44.3 Å². The van der Waals surface area contributed by atoms with E-state index in [1.54, 1.807) is 25.3 Å². The number of methoxy groups -OCH3 is 2. The monoisotopic (exact) mass is 296 g/mol. The fraction of sp³-hybridized carbons (Fsp3) is 0.562. The molecule has 0 heterocycles. The Bertz CT molecular complexity index is 444. The van der Waals surface area contributed by atoms with E-state index in [0.717, 1.165) is 12.8 Å². The average molecular weight is 296 g/mol. The number of hydrogen-bond acceptors (Lipinski definition) is 5. The second-order valence-electron chi connectivity index (χ2n) is 4.74. The molecule has 1 N–H and O–H groups in total. The third-order valence-electron chi connectivity index (χ3n) is 3.18. The van der Waals surface area contributed by atoms with Gasteiger partial charge in [-0.2, -0.15) is 0 Å². The Balaban J connectivity index is 2.58. The zero-order chi connectivity index (χ0) is 15.7. The van der Waals surface area contributed by atoms with Crippen LogP contribution in [-0.4, -0.2) is 31.9 Å². The first kappa shape index (κ1) is 17.3. The Kier molecular flexibility index (Phi) is 7.61. The van der Waals surface area contributed by atoms with E-state index in [0.29, 0.717) is 23.7 Å². The number of aliphatic hydroxyl groups is 1. The van der Waals surface area contributed by atoms with Gasteiger partial charge in [-0.3, -0.25) is 4.79 Å². The van der Waals surface area contributed by atoms with Crippen molar-refractivity contribution in [1.82, 2.24) is 0 Å². The lowest BCUT2D eigenvalue weighted by molar-refractivity contribution is -0.144. The van der Waals surface area contributed by atoms with Crippen molar-refractivity contribution in [1.29, 1.82) is 0 Å². The van der Waals surface area contributed by atoms with Gasteiger partial charge in [0.25, 0.3) is 0 Å². The van der Waals surface area contributed by atoms with Crippen LogP contribution in [0.2, 0.25) is 0 Å². The van der Waals surface area contributed by atoms with E-state index in [9.17, 15) is 9.90 Å². The second kappa shape index (κ2) is 9.23. The minimum absolute atomic E-state index is 0.172. The number of carbonyl (C=O) groups is 1. The highest BCUT2D eigenvalue weighted by Crippen LogP contribution is 2.31. The molecular weight excluding hydrogens is 272 g/mol. The van der Waals surface area contributed by atoms with Crippen LogP contribution in [0.3, 0.4) is 0 Å². The summed E-state index contributed by atoms with van der Waals surface area (Å²) in [6, 6.07) is 5.21. The SMILES string of the molecule is CCCCOC(=O)CCC(O)c1cc(OC)ccc1OC. The van der Waals surface area contributed by atoms with Crippen molar-refractivity contribution in [2.75, 3.05) is 20.8 Å². The van der Waals surface area contributed by atoms with Crippen LogP contribution in [0.5, 0.6) is 11.5 Å². The quantitative estimate of drug-likeness (QED) is 0.560. The maximum Gasteiger partial charge on any atom is 0.305 e. The van der Waals surface area contributed by atoms with Crippen molar-refractivity contribution in [3.63, 3.8) is 0 Å². The molecule has 5 heteroatoms. The first-order chi connectivity index (χ1) is 10.1. The third-order valence-corrected chi connectivity index (χ3v) is 3.18. The lowest BCUT2D eigenvalue weighted by Crippen LogP contribution is -2.09. The van der Waals surface area contributed by atoms with Gasteiger partial charge in [0.2, 0.25) is 0 Å². The van der Waals surface area contributed by atoms with E-state index in [1.807, 2.05) is 6.92 Å². The number of hydrogen-bond donors (Lipinski definition) is 1. The van der Waals surface area contributed by atoms with Crippen molar-refractivity contribution < 1.29 is 24.1 Å². The molecule has 0 aliphatic carbocycles. The largest absolute Gasteiger partial charge is 0.497 e. The fourth-order valence-electron chi connectivity index (χ4n) is 1.91. The summed E-state index contributed by atoms with van der Waals surface area (Å²) in [6.07, 6.45) is 1.50. The fourth-order valence-corrected chi connectivity index (χ4v) is 1.91. The maximum absolute atomic E-state index is 11.5.